The Morgan fingerprint density at radius 2 is 1.88 bits per heavy atom. The zero-order chi connectivity index (χ0) is 12.9. The van der Waals surface area contributed by atoms with Gasteiger partial charge in [-0.15, -0.1) is 0 Å². The Kier molecular flexibility index (Phi) is 4.78. The van der Waals surface area contributed by atoms with E-state index >= 15 is 0 Å². The molecule has 0 bridgehead atoms. The molecule has 0 amide bonds. The predicted octanol–water partition coefficient (Wildman–Crippen LogP) is 4.45. The Balaban J connectivity index is 2.69. The molecule has 5 heteroatoms. The Labute approximate surface area is 97.8 Å². The smallest absolute Gasteiger partial charge is 0.385 e. The monoisotopic (exact) mass is 249 g/mol. The van der Waals surface area contributed by atoms with Crippen LogP contribution in [0.3, 0.4) is 0 Å². The van der Waals surface area contributed by atoms with E-state index < -0.39 is 17.6 Å². The summed E-state index contributed by atoms with van der Waals surface area (Å²) < 4.78 is 50.2. The van der Waals surface area contributed by atoms with Crippen LogP contribution < -0.4 is 5.32 Å². The fourth-order valence-corrected chi connectivity index (χ4v) is 1.46. The van der Waals surface area contributed by atoms with Crippen molar-refractivity contribution >= 4 is 5.69 Å². The van der Waals surface area contributed by atoms with Crippen molar-refractivity contribution in [1.29, 1.82) is 0 Å². The van der Waals surface area contributed by atoms with E-state index in [0.717, 1.165) is 31.4 Å². The molecule has 0 atom stereocenters. The molecule has 0 unspecified atom stereocenters. The largest absolute Gasteiger partial charge is 0.419 e. The summed E-state index contributed by atoms with van der Waals surface area (Å²) in [6.07, 6.45) is -1.71. The zero-order valence-electron chi connectivity index (χ0n) is 9.57. The van der Waals surface area contributed by atoms with Gasteiger partial charge in [-0.3, -0.25) is 0 Å². The molecular weight excluding hydrogens is 234 g/mol. The molecule has 1 aromatic carbocycles. The van der Waals surface area contributed by atoms with E-state index in [4.69, 9.17) is 0 Å². The molecule has 1 rings (SSSR count). The van der Waals surface area contributed by atoms with Crippen molar-refractivity contribution in [2.24, 2.45) is 0 Å². The summed E-state index contributed by atoms with van der Waals surface area (Å²) in [7, 11) is 0. The van der Waals surface area contributed by atoms with Gasteiger partial charge < -0.3 is 5.32 Å². The first-order valence-corrected chi connectivity index (χ1v) is 5.55. The number of halogens is 4. The van der Waals surface area contributed by atoms with Crippen molar-refractivity contribution < 1.29 is 17.6 Å². The molecule has 0 aliphatic heterocycles. The van der Waals surface area contributed by atoms with Gasteiger partial charge in [0.05, 0.1) is 5.56 Å². The van der Waals surface area contributed by atoms with Crippen LogP contribution >= 0.6 is 0 Å². The van der Waals surface area contributed by atoms with Gasteiger partial charge in [0.15, 0.2) is 0 Å². The van der Waals surface area contributed by atoms with Crippen LogP contribution in [0.2, 0.25) is 0 Å². The second-order valence-corrected chi connectivity index (χ2v) is 3.83. The highest BCUT2D eigenvalue weighted by molar-refractivity contribution is 5.47. The second-order valence-electron chi connectivity index (χ2n) is 3.83. The Hall–Kier alpha value is -1.26. The van der Waals surface area contributed by atoms with Crippen LogP contribution in [0.5, 0.6) is 0 Å². The molecule has 96 valence electrons. The number of anilines is 1. The summed E-state index contributed by atoms with van der Waals surface area (Å²) in [6.45, 7) is 2.64. The molecule has 1 aromatic rings. The highest BCUT2D eigenvalue weighted by Crippen LogP contribution is 2.32. The van der Waals surface area contributed by atoms with Gasteiger partial charge in [-0.1, -0.05) is 19.8 Å². The van der Waals surface area contributed by atoms with Crippen LogP contribution in [-0.4, -0.2) is 6.54 Å². The maximum absolute atomic E-state index is 13.0. The minimum absolute atomic E-state index is 0.301. The third kappa shape index (κ3) is 4.24. The summed E-state index contributed by atoms with van der Waals surface area (Å²) in [4.78, 5) is 0. The predicted molar refractivity (Wildman–Crippen MR) is 59.4 cm³/mol. The van der Waals surface area contributed by atoms with Gasteiger partial charge in [0, 0.05) is 12.2 Å². The summed E-state index contributed by atoms with van der Waals surface area (Å²) in [6, 6.07) is 2.96. The average molecular weight is 249 g/mol. The lowest BCUT2D eigenvalue weighted by Crippen LogP contribution is -2.09. The molecule has 0 aromatic heterocycles. The number of hydrogen-bond donors (Lipinski definition) is 1. The van der Waals surface area contributed by atoms with Crippen molar-refractivity contribution in [3.63, 3.8) is 0 Å². The summed E-state index contributed by atoms with van der Waals surface area (Å²) in [5.74, 6) is -1.24. The zero-order valence-corrected chi connectivity index (χ0v) is 9.57. The van der Waals surface area contributed by atoms with Gasteiger partial charge in [0.2, 0.25) is 0 Å². The fraction of sp³-hybridized carbons (Fsp3) is 0.500. The SMILES string of the molecule is CCCCCNc1ccc(F)c(C(F)(F)F)c1. The van der Waals surface area contributed by atoms with Gasteiger partial charge in [0.1, 0.15) is 5.82 Å². The number of nitrogens with one attached hydrogen (secondary N) is 1. The van der Waals surface area contributed by atoms with Gasteiger partial charge in [-0.05, 0) is 24.6 Å². The van der Waals surface area contributed by atoms with Crippen LogP contribution in [0, 0.1) is 5.82 Å². The van der Waals surface area contributed by atoms with E-state index in [2.05, 4.69) is 5.32 Å². The third-order valence-electron chi connectivity index (χ3n) is 2.38. The topological polar surface area (TPSA) is 12.0 Å². The molecule has 0 saturated heterocycles. The highest BCUT2D eigenvalue weighted by atomic mass is 19.4. The van der Waals surface area contributed by atoms with E-state index in [1.165, 1.54) is 6.07 Å². The lowest BCUT2D eigenvalue weighted by Gasteiger charge is -2.11. The Morgan fingerprint density at radius 1 is 1.18 bits per heavy atom. The molecule has 0 spiro atoms. The fourth-order valence-electron chi connectivity index (χ4n) is 1.46. The number of hydrogen-bond acceptors (Lipinski definition) is 1. The summed E-state index contributed by atoms with van der Waals surface area (Å²) >= 11 is 0. The number of unbranched alkanes of at least 4 members (excludes halogenated alkanes) is 2. The molecule has 0 heterocycles. The van der Waals surface area contributed by atoms with E-state index in [1.54, 1.807) is 0 Å². The van der Waals surface area contributed by atoms with Crippen LogP contribution in [-0.2, 0) is 6.18 Å². The van der Waals surface area contributed by atoms with Gasteiger partial charge in [-0.2, -0.15) is 13.2 Å². The second kappa shape index (κ2) is 5.89. The molecule has 0 fully saturated rings. The quantitative estimate of drug-likeness (QED) is 0.600. The number of alkyl halides is 3. The first-order valence-electron chi connectivity index (χ1n) is 5.55. The molecule has 1 nitrogen and oxygen atoms in total. The van der Waals surface area contributed by atoms with Crippen molar-refractivity contribution in [2.45, 2.75) is 32.4 Å². The first-order chi connectivity index (χ1) is 7.95. The summed E-state index contributed by atoms with van der Waals surface area (Å²) in [5, 5.41) is 2.85. The maximum Gasteiger partial charge on any atom is 0.419 e. The van der Waals surface area contributed by atoms with E-state index in [1.807, 2.05) is 6.92 Å². The van der Waals surface area contributed by atoms with Crippen molar-refractivity contribution in [3.8, 4) is 0 Å². The molecule has 1 N–H and O–H groups in total. The van der Waals surface area contributed by atoms with Crippen LogP contribution in [0.15, 0.2) is 18.2 Å². The van der Waals surface area contributed by atoms with Crippen molar-refractivity contribution in [2.75, 3.05) is 11.9 Å². The number of rotatable bonds is 5. The van der Waals surface area contributed by atoms with E-state index in [9.17, 15) is 17.6 Å². The van der Waals surface area contributed by atoms with Crippen LogP contribution in [0.1, 0.15) is 31.7 Å². The molecule has 0 aliphatic rings. The van der Waals surface area contributed by atoms with E-state index in [-0.39, 0.29) is 0 Å². The molecule has 0 aliphatic carbocycles. The van der Waals surface area contributed by atoms with Crippen LogP contribution in [0.25, 0.3) is 0 Å². The minimum Gasteiger partial charge on any atom is -0.385 e. The van der Waals surface area contributed by atoms with Gasteiger partial charge in [-0.25, -0.2) is 4.39 Å². The number of benzene rings is 1. The Morgan fingerprint density at radius 3 is 2.47 bits per heavy atom. The summed E-state index contributed by atoms with van der Waals surface area (Å²) in [5.41, 5.74) is -0.923. The standard InChI is InChI=1S/C12H15F4N/c1-2-3-4-7-17-9-5-6-11(13)10(8-9)12(14,15)16/h5-6,8,17H,2-4,7H2,1H3. The first kappa shape index (κ1) is 13.8. The lowest BCUT2D eigenvalue weighted by molar-refractivity contribution is -0.139. The Bertz CT molecular complexity index is 360. The minimum atomic E-state index is -4.65. The van der Waals surface area contributed by atoms with Crippen molar-refractivity contribution in [1.82, 2.24) is 0 Å². The molecule has 0 radical (unpaired) electrons. The molecule has 17 heavy (non-hydrogen) atoms. The van der Waals surface area contributed by atoms with E-state index in [0.29, 0.717) is 12.2 Å². The van der Waals surface area contributed by atoms with Gasteiger partial charge >= 0.3 is 6.18 Å². The normalized spacial score (nSPS) is 11.6. The molecule has 0 saturated carbocycles. The average Bonchev–Trinajstić information content (AvgIpc) is 2.25. The van der Waals surface area contributed by atoms with Gasteiger partial charge in [0.25, 0.3) is 0 Å². The molecular formula is C12H15F4N. The maximum atomic E-state index is 13.0. The van der Waals surface area contributed by atoms with Crippen LogP contribution in [0.4, 0.5) is 23.2 Å². The highest BCUT2D eigenvalue weighted by Gasteiger charge is 2.34. The van der Waals surface area contributed by atoms with Crippen molar-refractivity contribution in [3.05, 3.63) is 29.6 Å². The lowest BCUT2D eigenvalue weighted by atomic mass is 10.1. The third-order valence-corrected chi connectivity index (χ3v) is 2.38.